The first-order valence-electron chi connectivity index (χ1n) is 11.2. The molecule has 1 aromatic heterocycles. The van der Waals surface area contributed by atoms with Crippen LogP contribution in [0.5, 0.6) is 5.75 Å². The summed E-state index contributed by atoms with van der Waals surface area (Å²) in [6.07, 6.45) is 1.69. The fourth-order valence-electron chi connectivity index (χ4n) is 4.24. The lowest BCUT2D eigenvalue weighted by molar-refractivity contribution is -0.126. The Bertz CT molecular complexity index is 1070. The molecule has 6 nitrogen and oxygen atoms in total. The molecule has 0 atom stereocenters. The first-order chi connectivity index (χ1) is 15.5. The number of ether oxygens (including phenoxy) is 1. The van der Waals surface area contributed by atoms with Crippen LogP contribution in [0.4, 0.5) is 0 Å². The lowest BCUT2D eigenvalue weighted by atomic mass is 9.95. The molecule has 1 aliphatic heterocycles. The molecule has 3 aromatic rings. The van der Waals surface area contributed by atoms with Gasteiger partial charge in [-0.15, -0.1) is 0 Å². The molecule has 32 heavy (non-hydrogen) atoms. The molecular formula is C26H31N3O3. The van der Waals surface area contributed by atoms with Crippen LogP contribution < -0.4 is 10.1 Å². The van der Waals surface area contributed by atoms with Gasteiger partial charge >= 0.3 is 0 Å². The number of carbonyl (C=O) groups excluding carboxylic acids is 1. The van der Waals surface area contributed by atoms with Gasteiger partial charge in [-0.05, 0) is 57.5 Å². The molecule has 168 valence electrons. The zero-order valence-corrected chi connectivity index (χ0v) is 19.1. The molecular weight excluding hydrogens is 402 g/mol. The summed E-state index contributed by atoms with van der Waals surface area (Å²) in [6, 6.07) is 15.9. The molecule has 1 fully saturated rings. The molecule has 0 radical (unpaired) electrons. The number of likely N-dealkylation sites (tertiary alicyclic amines) is 1. The van der Waals surface area contributed by atoms with Crippen molar-refractivity contribution in [3.63, 3.8) is 0 Å². The number of methoxy groups -OCH3 is 1. The third kappa shape index (κ3) is 5.02. The Balaban J connectivity index is 1.30. The Labute approximate surface area is 189 Å². The Hall–Kier alpha value is -3.12. The van der Waals surface area contributed by atoms with Crippen LogP contribution in [0.1, 0.15) is 35.4 Å². The maximum absolute atomic E-state index is 12.7. The zero-order valence-electron chi connectivity index (χ0n) is 19.1. The molecule has 0 spiro atoms. The summed E-state index contributed by atoms with van der Waals surface area (Å²) in [5, 5.41) is 3.08. The molecule has 2 heterocycles. The van der Waals surface area contributed by atoms with Crippen LogP contribution in [0, 0.1) is 19.8 Å². The van der Waals surface area contributed by atoms with Crippen molar-refractivity contribution in [1.82, 2.24) is 15.2 Å². The van der Waals surface area contributed by atoms with E-state index in [-0.39, 0.29) is 11.8 Å². The number of amides is 1. The number of nitrogens with one attached hydrogen (secondary N) is 1. The van der Waals surface area contributed by atoms with Gasteiger partial charge in [0.05, 0.1) is 12.8 Å². The van der Waals surface area contributed by atoms with Gasteiger partial charge in [0.2, 0.25) is 11.8 Å². The predicted octanol–water partition coefficient (Wildman–Crippen LogP) is 4.50. The quantitative estimate of drug-likeness (QED) is 0.594. The Morgan fingerprint density at radius 3 is 2.59 bits per heavy atom. The van der Waals surface area contributed by atoms with Crippen molar-refractivity contribution >= 4 is 5.91 Å². The van der Waals surface area contributed by atoms with Crippen LogP contribution in [0.15, 0.2) is 52.9 Å². The second-order valence-electron chi connectivity index (χ2n) is 8.42. The number of rotatable bonds is 7. The predicted molar refractivity (Wildman–Crippen MR) is 124 cm³/mol. The highest BCUT2D eigenvalue weighted by Crippen LogP contribution is 2.26. The van der Waals surface area contributed by atoms with E-state index >= 15 is 0 Å². The van der Waals surface area contributed by atoms with Crippen LogP contribution in [0.2, 0.25) is 0 Å². The minimum Gasteiger partial charge on any atom is -0.496 e. The van der Waals surface area contributed by atoms with E-state index in [1.54, 1.807) is 7.11 Å². The van der Waals surface area contributed by atoms with Gasteiger partial charge in [-0.2, -0.15) is 0 Å². The van der Waals surface area contributed by atoms with Gasteiger partial charge in [-0.25, -0.2) is 4.98 Å². The Kier molecular flexibility index (Phi) is 6.90. The van der Waals surface area contributed by atoms with Gasteiger partial charge in [0.25, 0.3) is 0 Å². The highest BCUT2D eigenvalue weighted by Gasteiger charge is 2.26. The monoisotopic (exact) mass is 433 g/mol. The molecule has 1 N–H and O–H groups in total. The zero-order chi connectivity index (χ0) is 22.5. The molecule has 0 bridgehead atoms. The first-order valence-corrected chi connectivity index (χ1v) is 11.2. The lowest BCUT2D eigenvalue weighted by Gasteiger charge is -2.30. The fourth-order valence-corrected chi connectivity index (χ4v) is 4.24. The van der Waals surface area contributed by atoms with Crippen molar-refractivity contribution in [2.45, 2.75) is 39.8 Å². The summed E-state index contributed by atoms with van der Waals surface area (Å²) < 4.78 is 11.3. The molecule has 4 rings (SSSR count). The van der Waals surface area contributed by atoms with E-state index in [0.29, 0.717) is 12.4 Å². The fraction of sp³-hybridized carbons (Fsp3) is 0.385. The van der Waals surface area contributed by atoms with Gasteiger partial charge in [0, 0.05) is 30.1 Å². The van der Waals surface area contributed by atoms with Crippen LogP contribution in [-0.2, 0) is 17.9 Å². The number of nitrogens with zero attached hydrogens (tertiary/aromatic N) is 2. The largest absolute Gasteiger partial charge is 0.496 e. The van der Waals surface area contributed by atoms with Crippen molar-refractivity contribution < 1.29 is 13.9 Å². The molecule has 1 saturated heterocycles. The van der Waals surface area contributed by atoms with Crippen LogP contribution in [-0.4, -0.2) is 36.0 Å². The summed E-state index contributed by atoms with van der Waals surface area (Å²) in [5.74, 6) is 2.51. The summed E-state index contributed by atoms with van der Waals surface area (Å²) >= 11 is 0. The standard InChI is InChI=1S/C26H31N3O3/c1-18-8-4-6-10-22(18)26-28-23(19(2)32-26)17-29-14-12-20(13-15-29)25(30)27-16-21-9-5-7-11-24(21)31-3/h4-11,20H,12-17H2,1-3H3,(H,27,30). The van der Waals surface area contributed by atoms with Crippen LogP contribution in [0.3, 0.4) is 0 Å². The Morgan fingerprint density at radius 1 is 1.12 bits per heavy atom. The number of hydrogen-bond donors (Lipinski definition) is 1. The highest BCUT2D eigenvalue weighted by molar-refractivity contribution is 5.78. The van der Waals surface area contributed by atoms with Crippen molar-refractivity contribution in [2.75, 3.05) is 20.2 Å². The van der Waals surface area contributed by atoms with E-state index in [1.165, 1.54) is 0 Å². The van der Waals surface area contributed by atoms with Crippen molar-refractivity contribution in [2.24, 2.45) is 5.92 Å². The van der Waals surface area contributed by atoms with Crippen molar-refractivity contribution in [3.8, 4) is 17.2 Å². The maximum atomic E-state index is 12.7. The summed E-state index contributed by atoms with van der Waals surface area (Å²) in [4.78, 5) is 19.8. The number of carbonyl (C=O) groups is 1. The minimum atomic E-state index is 0.0434. The summed E-state index contributed by atoms with van der Waals surface area (Å²) in [5.41, 5.74) is 4.15. The molecule has 1 amide bonds. The van der Waals surface area contributed by atoms with Crippen LogP contribution in [0.25, 0.3) is 11.5 Å². The van der Waals surface area contributed by atoms with Crippen molar-refractivity contribution in [1.29, 1.82) is 0 Å². The average Bonchev–Trinajstić information content (AvgIpc) is 3.18. The number of benzene rings is 2. The number of oxazole rings is 1. The first kappa shape index (κ1) is 22.1. The maximum Gasteiger partial charge on any atom is 0.226 e. The number of para-hydroxylation sites is 1. The molecule has 1 aliphatic rings. The van der Waals surface area contributed by atoms with E-state index in [4.69, 9.17) is 14.1 Å². The van der Waals surface area contributed by atoms with Gasteiger partial charge < -0.3 is 14.5 Å². The molecule has 2 aromatic carbocycles. The molecule has 0 saturated carbocycles. The second kappa shape index (κ2) is 10.0. The lowest BCUT2D eigenvalue weighted by Crippen LogP contribution is -2.40. The minimum absolute atomic E-state index is 0.0434. The van der Waals surface area contributed by atoms with E-state index in [2.05, 4.69) is 23.2 Å². The van der Waals surface area contributed by atoms with E-state index < -0.39 is 0 Å². The second-order valence-corrected chi connectivity index (χ2v) is 8.42. The van der Waals surface area contributed by atoms with Gasteiger partial charge in [-0.1, -0.05) is 36.4 Å². The number of hydrogen-bond acceptors (Lipinski definition) is 5. The van der Waals surface area contributed by atoms with Crippen molar-refractivity contribution in [3.05, 3.63) is 71.1 Å². The topological polar surface area (TPSA) is 67.6 Å². The van der Waals surface area contributed by atoms with Crippen LogP contribution >= 0.6 is 0 Å². The number of aromatic nitrogens is 1. The van der Waals surface area contributed by atoms with E-state index in [1.807, 2.05) is 49.4 Å². The van der Waals surface area contributed by atoms with Gasteiger partial charge in [-0.3, -0.25) is 9.69 Å². The van der Waals surface area contributed by atoms with Gasteiger partial charge in [0.1, 0.15) is 11.5 Å². The highest BCUT2D eigenvalue weighted by atomic mass is 16.5. The normalized spacial score (nSPS) is 15.0. The third-order valence-corrected chi connectivity index (χ3v) is 6.25. The van der Waals surface area contributed by atoms with E-state index in [0.717, 1.165) is 66.4 Å². The summed E-state index contributed by atoms with van der Waals surface area (Å²) in [6.45, 7) is 7.03. The Morgan fingerprint density at radius 2 is 1.84 bits per heavy atom. The number of aryl methyl sites for hydroxylation is 2. The summed E-state index contributed by atoms with van der Waals surface area (Å²) in [7, 11) is 1.65. The smallest absolute Gasteiger partial charge is 0.226 e. The molecule has 6 heteroatoms. The SMILES string of the molecule is COc1ccccc1CNC(=O)C1CCN(Cc2nc(-c3ccccc3C)oc2C)CC1. The van der Waals surface area contributed by atoms with E-state index in [9.17, 15) is 4.79 Å². The average molecular weight is 434 g/mol. The van der Waals surface area contributed by atoms with Gasteiger partial charge in [0.15, 0.2) is 0 Å². The molecule has 0 unspecified atom stereocenters. The number of piperidine rings is 1. The molecule has 0 aliphatic carbocycles. The third-order valence-electron chi connectivity index (χ3n) is 6.25.